The number of carbonyl (C=O) groups is 3. The van der Waals surface area contributed by atoms with Crippen molar-refractivity contribution in [2.45, 2.75) is 57.1 Å². The van der Waals surface area contributed by atoms with Crippen LogP contribution in [0.2, 0.25) is 0 Å². The minimum absolute atomic E-state index is 0.0294. The molecular formula is C37H39N3O6S. The van der Waals surface area contributed by atoms with Crippen molar-refractivity contribution in [3.63, 3.8) is 0 Å². The van der Waals surface area contributed by atoms with Crippen molar-refractivity contribution in [2.75, 3.05) is 17.7 Å². The summed E-state index contributed by atoms with van der Waals surface area (Å²) in [5, 5.41) is 6.42. The predicted molar refractivity (Wildman–Crippen MR) is 181 cm³/mol. The van der Waals surface area contributed by atoms with Crippen molar-refractivity contribution in [1.82, 2.24) is 10.2 Å². The summed E-state index contributed by atoms with van der Waals surface area (Å²) in [5.41, 5.74) is 4.87. The highest BCUT2D eigenvalue weighted by Gasteiger charge is 2.40. The molecule has 0 spiro atoms. The van der Waals surface area contributed by atoms with Gasteiger partial charge < -0.3 is 15.4 Å². The molecule has 1 heterocycles. The number of ether oxygens (including phenoxy) is 1. The molecule has 0 aromatic heterocycles. The van der Waals surface area contributed by atoms with E-state index in [-0.39, 0.29) is 35.7 Å². The van der Waals surface area contributed by atoms with E-state index in [4.69, 9.17) is 4.74 Å². The fourth-order valence-electron chi connectivity index (χ4n) is 5.74. The number of hydrogen-bond acceptors (Lipinski definition) is 7. The molecule has 3 amide bonds. The van der Waals surface area contributed by atoms with Crippen LogP contribution in [-0.4, -0.2) is 43.6 Å². The van der Waals surface area contributed by atoms with Gasteiger partial charge in [0.15, 0.2) is 9.84 Å². The Bertz CT molecular complexity index is 1840. The summed E-state index contributed by atoms with van der Waals surface area (Å²) in [6.45, 7) is 5.89. The first-order chi connectivity index (χ1) is 22.6. The van der Waals surface area contributed by atoms with Crippen LogP contribution < -0.4 is 10.6 Å². The quantitative estimate of drug-likeness (QED) is 0.169. The number of nitrogens with zero attached hydrogens (tertiary/aromatic N) is 1. The summed E-state index contributed by atoms with van der Waals surface area (Å²) >= 11 is 0. The molecule has 5 rings (SSSR count). The lowest BCUT2D eigenvalue weighted by Gasteiger charge is -2.26. The molecule has 2 N–H and O–H groups in total. The fraction of sp³-hybridized carbons (Fsp3) is 0.270. The monoisotopic (exact) mass is 653 g/mol. The lowest BCUT2D eigenvalue weighted by Crippen LogP contribution is -2.35. The van der Waals surface area contributed by atoms with Gasteiger partial charge in [0.1, 0.15) is 12.6 Å². The molecule has 1 saturated heterocycles. The third kappa shape index (κ3) is 7.55. The number of imide groups is 1. The highest BCUT2D eigenvalue weighted by Crippen LogP contribution is 2.34. The normalized spacial score (nSPS) is 15.2. The number of rotatable bonds is 12. The largest absolute Gasteiger partial charge is 0.446 e. The standard InChI is InChI=1S/C37H39N3O6S/c1-4-10-32(31-14-9-11-25(3)34(31)36(42)40-33(24-46-37(40)43)27-12-7-6-8-13-27)39-29-19-17-28(18-20-29)35(41)38-23-26-15-21-30(22-16-26)47(44,45)5-2/h6-9,11-22,32-33,39H,4-5,10,23-24H2,1-3H3,(H,38,41)/t32-,33+/m0/s1. The Kier molecular flexibility index (Phi) is 10.4. The third-order valence-corrected chi connectivity index (χ3v) is 10.1. The zero-order chi connectivity index (χ0) is 33.6. The highest BCUT2D eigenvalue weighted by molar-refractivity contribution is 7.91. The van der Waals surface area contributed by atoms with Gasteiger partial charge in [-0.05, 0) is 72.0 Å². The number of carbonyl (C=O) groups excluding carboxylic acids is 3. The number of hydrogen-bond donors (Lipinski definition) is 2. The zero-order valence-electron chi connectivity index (χ0n) is 26.7. The molecule has 244 valence electrons. The smallest absolute Gasteiger partial charge is 0.417 e. The molecule has 0 unspecified atom stereocenters. The van der Waals surface area contributed by atoms with Gasteiger partial charge >= 0.3 is 6.09 Å². The summed E-state index contributed by atoms with van der Waals surface area (Å²) in [5.74, 6) is -0.628. The highest BCUT2D eigenvalue weighted by atomic mass is 32.2. The van der Waals surface area contributed by atoms with Crippen LogP contribution in [0, 0.1) is 6.92 Å². The number of cyclic esters (lactones) is 1. The molecule has 4 aromatic carbocycles. The summed E-state index contributed by atoms with van der Waals surface area (Å²) in [7, 11) is -3.28. The Labute approximate surface area is 275 Å². The van der Waals surface area contributed by atoms with E-state index in [1.54, 1.807) is 43.3 Å². The molecule has 1 aliphatic heterocycles. The van der Waals surface area contributed by atoms with Gasteiger partial charge in [0.25, 0.3) is 11.8 Å². The van der Waals surface area contributed by atoms with E-state index in [1.807, 2.05) is 67.6 Å². The second kappa shape index (κ2) is 14.6. The summed E-state index contributed by atoms with van der Waals surface area (Å²) in [6, 6.07) is 27.9. The molecule has 4 aromatic rings. The van der Waals surface area contributed by atoms with Crippen LogP contribution in [0.4, 0.5) is 10.5 Å². The van der Waals surface area contributed by atoms with E-state index in [0.29, 0.717) is 11.1 Å². The first-order valence-electron chi connectivity index (χ1n) is 15.7. The van der Waals surface area contributed by atoms with Gasteiger partial charge in [-0.2, -0.15) is 0 Å². The third-order valence-electron chi connectivity index (χ3n) is 8.35. The van der Waals surface area contributed by atoms with Crippen molar-refractivity contribution in [3.8, 4) is 0 Å². The number of aryl methyl sites for hydroxylation is 1. The van der Waals surface area contributed by atoms with Gasteiger partial charge in [0.2, 0.25) is 0 Å². The molecule has 0 aliphatic carbocycles. The molecule has 1 fully saturated rings. The van der Waals surface area contributed by atoms with E-state index in [1.165, 1.54) is 4.90 Å². The second-order valence-corrected chi connectivity index (χ2v) is 13.8. The first kappa shape index (κ1) is 33.4. The summed E-state index contributed by atoms with van der Waals surface area (Å²) in [4.78, 5) is 41.4. The maximum absolute atomic E-state index is 14.1. The molecule has 0 radical (unpaired) electrons. The number of amides is 3. The van der Waals surface area contributed by atoms with E-state index in [9.17, 15) is 22.8 Å². The lowest BCUT2D eigenvalue weighted by atomic mass is 9.92. The Morgan fingerprint density at radius 2 is 1.62 bits per heavy atom. The molecule has 9 nitrogen and oxygen atoms in total. The molecule has 0 saturated carbocycles. The maximum Gasteiger partial charge on any atom is 0.417 e. The van der Waals surface area contributed by atoms with Crippen LogP contribution in [0.3, 0.4) is 0 Å². The lowest BCUT2D eigenvalue weighted by molar-refractivity contribution is 0.0771. The van der Waals surface area contributed by atoms with Crippen LogP contribution in [0.5, 0.6) is 0 Å². The van der Waals surface area contributed by atoms with E-state index < -0.39 is 27.9 Å². The molecule has 47 heavy (non-hydrogen) atoms. The first-order valence-corrected chi connectivity index (χ1v) is 17.4. The van der Waals surface area contributed by atoms with Crippen molar-refractivity contribution >= 4 is 33.4 Å². The summed E-state index contributed by atoms with van der Waals surface area (Å²) in [6.07, 6.45) is 0.897. The SMILES string of the molecule is CCC[C@H](Nc1ccc(C(=O)NCc2ccc(S(=O)(=O)CC)cc2)cc1)c1cccc(C)c1C(=O)N1C(=O)OC[C@@H]1c1ccccc1. The molecule has 2 atom stereocenters. The molecule has 1 aliphatic rings. The van der Waals surface area contributed by atoms with Crippen molar-refractivity contribution in [2.24, 2.45) is 0 Å². The van der Waals surface area contributed by atoms with Crippen molar-refractivity contribution in [1.29, 1.82) is 0 Å². The van der Waals surface area contributed by atoms with Crippen LogP contribution in [0.25, 0.3) is 0 Å². The van der Waals surface area contributed by atoms with Gasteiger partial charge in [-0.15, -0.1) is 0 Å². The molecular weight excluding hydrogens is 614 g/mol. The van der Waals surface area contributed by atoms with Crippen LogP contribution in [0.1, 0.15) is 81.7 Å². The average molecular weight is 654 g/mol. The van der Waals surface area contributed by atoms with Crippen molar-refractivity contribution in [3.05, 3.63) is 130 Å². The Hall–Kier alpha value is -4.96. The Morgan fingerprint density at radius 3 is 2.28 bits per heavy atom. The van der Waals surface area contributed by atoms with Gasteiger partial charge in [-0.1, -0.05) is 80.9 Å². The minimum atomic E-state index is -3.28. The molecule has 10 heteroatoms. The number of benzene rings is 4. The number of nitrogens with one attached hydrogen (secondary N) is 2. The maximum atomic E-state index is 14.1. The second-order valence-electron chi connectivity index (χ2n) is 11.5. The van der Waals surface area contributed by atoms with Crippen LogP contribution >= 0.6 is 0 Å². The molecule has 0 bridgehead atoms. The van der Waals surface area contributed by atoms with Crippen molar-refractivity contribution < 1.29 is 27.5 Å². The van der Waals surface area contributed by atoms with Crippen LogP contribution in [-0.2, 0) is 21.1 Å². The summed E-state index contributed by atoms with van der Waals surface area (Å²) < 4.78 is 29.5. The fourth-order valence-corrected chi connectivity index (χ4v) is 6.62. The topological polar surface area (TPSA) is 122 Å². The van der Waals surface area contributed by atoms with E-state index >= 15 is 0 Å². The van der Waals surface area contributed by atoms with Gasteiger partial charge in [-0.3, -0.25) is 9.59 Å². The number of sulfone groups is 1. The van der Waals surface area contributed by atoms with E-state index in [2.05, 4.69) is 17.6 Å². The van der Waals surface area contributed by atoms with Gasteiger partial charge in [0, 0.05) is 23.4 Å². The Balaban J connectivity index is 1.31. The van der Waals surface area contributed by atoms with E-state index in [0.717, 1.165) is 40.8 Å². The van der Waals surface area contributed by atoms with Gasteiger partial charge in [-0.25, -0.2) is 18.1 Å². The minimum Gasteiger partial charge on any atom is -0.446 e. The Morgan fingerprint density at radius 1 is 0.915 bits per heavy atom. The van der Waals surface area contributed by atoms with Crippen LogP contribution in [0.15, 0.2) is 102 Å². The average Bonchev–Trinajstić information content (AvgIpc) is 3.48. The predicted octanol–water partition coefficient (Wildman–Crippen LogP) is 7.01. The zero-order valence-corrected chi connectivity index (χ0v) is 27.5. The number of anilines is 1. The van der Waals surface area contributed by atoms with Gasteiger partial charge in [0.05, 0.1) is 16.7 Å².